The fraction of sp³-hybridized carbons (Fsp3) is 0.304. The Morgan fingerprint density at radius 2 is 1.89 bits per heavy atom. The number of urea groups is 1. The van der Waals surface area contributed by atoms with E-state index in [4.69, 9.17) is 22.9 Å². The number of rotatable bonds is 4. The molecule has 8 nitrogen and oxygen atoms in total. The topological polar surface area (TPSA) is 74.5 Å². The number of fused-ring (bicyclic) bond motifs is 5. The zero-order valence-corrected chi connectivity index (χ0v) is 18.6. The molecule has 180 valence electrons. The number of hydrogen-bond donors (Lipinski definition) is 0. The lowest BCUT2D eigenvalue weighted by Crippen LogP contribution is -2.55. The summed E-state index contributed by atoms with van der Waals surface area (Å²) < 4.78 is 45.7. The summed E-state index contributed by atoms with van der Waals surface area (Å²) in [5.74, 6) is -0.635. The van der Waals surface area contributed by atoms with Gasteiger partial charge in [0.2, 0.25) is 0 Å². The molecule has 0 spiro atoms. The van der Waals surface area contributed by atoms with Crippen LogP contribution in [0.2, 0.25) is 5.02 Å². The zero-order valence-electron chi connectivity index (χ0n) is 17.8. The maximum atomic E-state index is 13.4. The smallest absolute Gasteiger partial charge is 0.407 e. The Morgan fingerprint density at radius 3 is 2.54 bits per heavy atom. The predicted molar refractivity (Wildman–Crippen MR) is 117 cm³/mol. The van der Waals surface area contributed by atoms with Gasteiger partial charge in [0.15, 0.2) is 12.3 Å². The fourth-order valence-corrected chi connectivity index (χ4v) is 5.05. The van der Waals surface area contributed by atoms with Crippen LogP contribution >= 0.6 is 11.6 Å². The molecular weight excluding hydrogens is 489 g/mol. The summed E-state index contributed by atoms with van der Waals surface area (Å²) >= 11 is 5.83. The summed E-state index contributed by atoms with van der Waals surface area (Å²) in [6, 6.07) is 6.40. The van der Waals surface area contributed by atoms with Crippen LogP contribution in [0.5, 0.6) is 5.75 Å². The summed E-state index contributed by atoms with van der Waals surface area (Å²) in [5.41, 5.74) is -2.12. The minimum atomic E-state index is -4.83. The van der Waals surface area contributed by atoms with Crippen LogP contribution in [0.4, 0.5) is 29.3 Å². The molecule has 3 fully saturated rings. The van der Waals surface area contributed by atoms with Gasteiger partial charge >= 0.3 is 12.2 Å². The van der Waals surface area contributed by atoms with Crippen LogP contribution in [-0.4, -0.2) is 58.9 Å². The minimum absolute atomic E-state index is 0.196. The first kappa shape index (κ1) is 23.0. The molecule has 4 amide bonds. The summed E-state index contributed by atoms with van der Waals surface area (Å²) in [6.07, 6.45) is -4.43. The highest BCUT2D eigenvalue weighted by atomic mass is 35.5. The molecule has 1 unspecified atom stereocenters. The number of ether oxygens (including phenoxy) is 1. The Kier molecular flexibility index (Phi) is 5.36. The molecule has 3 atom stereocenters. The van der Waals surface area contributed by atoms with Crippen molar-refractivity contribution >= 4 is 40.8 Å². The van der Waals surface area contributed by atoms with Crippen LogP contribution < -0.4 is 9.64 Å². The number of nitrogens with zero attached hydrogens (tertiary/aromatic N) is 4. The first-order valence-corrected chi connectivity index (χ1v) is 10.9. The number of anilines is 1. The molecule has 3 aliphatic heterocycles. The molecule has 0 radical (unpaired) electrons. The van der Waals surface area contributed by atoms with Gasteiger partial charge in [0, 0.05) is 11.6 Å². The molecule has 2 aromatic rings. The van der Waals surface area contributed by atoms with Crippen LogP contribution in [0.25, 0.3) is 4.85 Å². The lowest BCUT2D eigenvalue weighted by atomic mass is 10.1. The number of carbonyl (C=O) groups excluding carboxylic acids is 3. The summed E-state index contributed by atoms with van der Waals surface area (Å²) in [7, 11) is 0. The molecule has 3 aliphatic rings. The van der Waals surface area contributed by atoms with Crippen LogP contribution in [0.1, 0.15) is 12.0 Å². The first-order valence-electron chi connectivity index (χ1n) is 10.5. The van der Waals surface area contributed by atoms with Gasteiger partial charge in [0.25, 0.3) is 11.8 Å². The number of amides is 4. The molecule has 35 heavy (non-hydrogen) atoms. The summed E-state index contributed by atoms with van der Waals surface area (Å²) in [5, 5.41) is 0.515. The van der Waals surface area contributed by atoms with Crippen molar-refractivity contribution in [1.29, 1.82) is 0 Å². The molecule has 0 aliphatic carbocycles. The van der Waals surface area contributed by atoms with Crippen LogP contribution in [-0.2, 0) is 15.8 Å². The van der Waals surface area contributed by atoms with Gasteiger partial charge in [0.05, 0.1) is 29.9 Å². The largest absolute Gasteiger partial charge is 0.484 e. The van der Waals surface area contributed by atoms with E-state index < -0.39 is 47.5 Å². The average Bonchev–Trinajstić information content (AvgIpc) is 3.49. The lowest BCUT2D eigenvalue weighted by Gasteiger charge is -2.34. The van der Waals surface area contributed by atoms with Crippen molar-refractivity contribution in [2.75, 3.05) is 18.1 Å². The van der Waals surface area contributed by atoms with E-state index in [1.54, 1.807) is 24.3 Å². The van der Waals surface area contributed by atoms with Gasteiger partial charge in [-0.25, -0.2) is 14.5 Å². The van der Waals surface area contributed by atoms with E-state index in [0.717, 1.165) is 12.1 Å². The van der Waals surface area contributed by atoms with E-state index in [0.29, 0.717) is 28.2 Å². The number of likely N-dealkylation sites (tertiary alicyclic amines) is 1. The number of alkyl halides is 3. The van der Waals surface area contributed by atoms with Crippen molar-refractivity contribution in [3.05, 3.63) is 64.5 Å². The predicted octanol–water partition coefficient (Wildman–Crippen LogP) is 4.11. The number of piperazine rings is 1. The van der Waals surface area contributed by atoms with Crippen LogP contribution in [0, 0.1) is 6.57 Å². The molecule has 3 heterocycles. The maximum Gasteiger partial charge on any atom is 0.407 e. The third-order valence-electron chi connectivity index (χ3n) is 6.42. The van der Waals surface area contributed by atoms with Gasteiger partial charge in [-0.2, -0.15) is 13.2 Å². The maximum absolute atomic E-state index is 13.4. The number of carbonyl (C=O) groups is 3. The Labute approximate surface area is 202 Å². The molecular formula is C23H16ClF3N4O4. The number of benzene rings is 2. The van der Waals surface area contributed by atoms with Crippen molar-refractivity contribution in [3.8, 4) is 5.75 Å². The Morgan fingerprint density at radius 1 is 1.17 bits per heavy atom. The highest BCUT2D eigenvalue weighted by Gasteiger charge is 2.63. The third-order valence-corrected chi connectivity index (χ3v) is 6.68. The molecule has 5 rings (SSSR count). The second kappa shape index (κ2) is 8.16. The summed E-state index contributed by atoms with van der Waals surface area (Å²) in [4.78, 5) is 45.5. The van der Waals surface area contributed by atoms with E-state index in [1.807, 2.05) is 0 Å². The van der Waals surface area contributed by atoms with Crippen LogP contribution in [0.3, 0.4) is 0 Å². The van der Waals surface area contributed by atoms with Gasteiger partial charge in [-0.1, -0.05) is 17.7 Å². The van der Waals surface area contributed by atoms with Crippen molar-refractivity contribution in [3.63, 3.8) is 0 Å². The van der Waals surface area contributed by atoms with Crippen molar-refractivity contribution in [2.45, 2.75) is 30.7 Å². The quantitative estimate of drug-likeness (QED) is 0.464. The number of imide groups is 1. The Balaban J connectivity index is 1.35. The first-order chi connectivity index (χ1) is 16.6. The van der Waals surface area contributed by atoms with Gasteiger partial charge < -0.3 is 14.5 Å². The molecule has 2 bridgehead atoms. The Bertz CT molecular complexity index is 1280. The second-order valence-electron chi connectivity index (χ2n) is 8.36. The van der Waals surface area contributed by atoms with Crippen LogP contribution in [0.15, 0.2) is 42.5 Å². The van der Waals surface area contributed by atoms with E-state index in [9.17, 15) is 27.6 Å². The molecule has 0 aromatic heterocycles. The highest BCUT2D eigenvalue weighted by Crippen LogP contribution is 2.44. The van der Waals surface area contributed by atoms with E-state index in [1.165, 1.54) is 9.80 Å². The molecule has 0 N–H and O–H groups in total. The van der Waals surface area contributed by atoms with Gasteiger partial charge in [-0.3, -0.25) is 9.59 Å². The van der Waals surface area contributed by atoms with Gasteiger partial charge in [0.1, 0.15) is 11.8 Å². The fourth-order valence-electron chi connectivity index (χ4n) is 4.93. The summed E-state index contributed by atoms with van der Waals surface area (Å²) in [6.45, 7) is 6.88. The normalized spacial score (nSPS) is 23.1. The van der Waals surface area contributed by atoms with E-state index in [-0.39, 0.29) is 24.7 Å². The number of hydrogen-bond acceptors (Lipinski definition) is 4. The highest BCUT2D eigenvalue weighted by molar-refractivity contribution is 6.30. The average molecular weight is 505 g/mol. The molecule has 0 saturated carbocycles. The monoisotopic (exact) mass is 504 g/mol. The zero-order chi connectivity index (χ0) is 25.1. The molecule has 12 heteroatoms. The SMILES string of the molecule is [C-]#[N+]c1ccc(N2C(=O)[C@H]3[C@H]4CC(CN4C(=O)COc4ccc(Cl)cc4)N3C2=O)cc1C(F)(F)F. The Hall–Kier alpha value is -3.78. The molecule has 3 saturated heterocycles. The minimum Gasteiger partial charge on any atom is -0.484 e. The van der Waals surface area contributed by atoms with E-state index in [2.05, 4.69) is 4.85 Å². The lowest BCUT2D eigenvalue weighted by molar-refractivity contribution is -0.138. The number of halogens is 4. The van der Waals surface area contributed by atoms with Gasteiger partial charge in [-0.05, 0) is 42.8 Å². The van der Waals surface area contributed by atoms with Crippen molar-refractivity contribution in [2.24, 2.45) is 0 Å². The second-order valence-corrected chi connectivity index (χ2v) is 8.80. The third kappa shape index (κ3) is 3.74. The van der Waals surface area contributed by atoms with E-state index >= 15 is 0 Å². The molecule has 2 aromatic carbocycles. The standard InChI is InChI=1S/C23H16ClF3N4O4/c1-28-17-7-4-13(8-16(17)23(25,26)27)31-21(33)20-18-9-14(30(20)22(31)34)10-29(18)19(32)11-35-15-5-2-12(24)3-6-15/h2-8,14,18,20H,9-11H2/t14?,18-,20-/m1/s1. The van der Waals surface area contributed by atoms with Crippen molar-refractivity contribution in [1.82, 2.24) is 9.80 Å². The van der Waals surface area contributed by atoms with Gasteiger partial charge in [-0.15, -0.1) is 0 Å². The van der Waals surface area contributed by atoms with Crippen molar-refractivity contribution < 1.29 is 32.3 Å².